The summed E-state index contributed by atoms with van der Waals surface area (Å²) in [5.74, 6) is -0.402. The van der Waals surface area contributed by atoms with Crippen molar-refractivity contribution in [1.82, 2.24) is 0 Å². The highest BCUT2D eigenvalue weighted by molar-refractivity contribution is 5.89. The van der Waals surface area contributed by atoms with Crippen molar-refractivity contribution in [3.05, 3.63) is 71.3 Å². The van der Waals surface area contributed by atoms with Crippen LogP contribution in [0.4, 0.5) is 0 Å². The van der Waals surface area contributed by atoms with Gasteiger partial charge in [-0.25, -0.2) is 4.79 Å². The van der Waals surface area contributed by atoms with E-state index in [1.54, 1.807) is 24.3 Å². The molecule has 0 saturated carbocycles. The minimum atomic E-state index is -0.662. The van der Waals surface area contributed by atoms with E-state index in [-0.39, 0.29) is 0 Å². The summed E-state index contributed by atoms with van der Waals surface area (Å²) in [6.07, 6.45) is -0.697. The number of hydrogen-bond donors (Lipinski definition) is 1. The number of aliphatic hydroxyl groups is 1. The fraction of sp³-hybridized carbons (Fsp3) is 0.188. The van der Waals surface area contributed by atoms with Gasteiger partial charge in [0.1, 0.15) is 0 Å². The van der Waals surface area contributed by atoms with E-state index in [0.717, 1.165) is 11.1 Å². The molecule has 0 aromatic heterocycles. The number of benzene rings is 2. The Balaban J connectivity index is 1.82. The van der Waals surface area contributed by atoms with E-state index in [2.05, 4.69) is 0 Å². The van der Waals surface area contributed by atoms with E-state index >= 15 is 0 Å². The van der Waals surface area contributed by atoms with Crippen LogP contribution in [0.5, 0.6) is 0 Å². The summed E-state index contributed by atoms with van der Waals surface area (Å²) in [4.78, 5) is 12.0. The molecular formula is C16H14O3. The summed E-state index contributed by atoms with van der Waals surface area (Å²) in [6.45, 7) is 0. The zero-order valence-corrected chi connectivity index (χ0v) is 10.3. The van der Waals surface area contributed by atoms with Crippen LogP contribution in [0.2, 0.25) is 0 Å². The molecule has 3 rings (SSSR count). The van der Waals surface area contributed by atoms with Crippen molar-refractivity contribution in [3.63, 3.8) is 0 Å². The van der Waals surface area contributed by atoms with Gasteiger partial charge in [-0.2, -0.15) is 0 Å². The maximum atomic E-state index is 12.0. The van der Waals surface area contributed by atoms with E-state index in [1.807, 2.05) is 30.3 Å². The summed E-state index contributed by atoms with van der Waals surface area (Å²) < 4.78 is 5.45. The maximum absolute atomic E-state index is 12.0. The second-order valence-electron chi connectivity index (χ2n) is 4.66. The van der Waals surface area contributed by atoms with Crippen LogP contribution in [0.1, 0.15) is 27.6 Å². The van der Waals surface area contributed by atoms with E-state index < -0.39 is 18.2 Å². The first-order chi connectivity index (χ1) is 9.25. The van der Waals surface area contributed by atoms with Crippen LogP contribution in [0, 0.1) is 0 Å². The lowest BCUT2D eigenvalue weighted by atomic mass is 10.1. The minimum Gasteiger partial charge on any atom is -0.451 e. The van der Waals surface area contributed by atoms with E-state index in [9.17, 15) is 9.90 Å². The van der Waals surface area contributed by atoms with Crippen LogP contribution in [0.25, 0.3) is 0 Å². The molecule has 0 fully saturated rings. The van der Waals surface area contributed by atoms with Crippen molar-refractivity contribution >= 4 is 5.97 Å². The summed E-state index contributed by atoms with van der Waals surface area (Å²) in [5, 5.41) is 10.0. The van der Waals surface area contributed by atoms with Gasteiger partial charge in [0.2, 0.25) is 0 Å². The average molecular weight is 254 g/mol. The standard InChI is InChI=1S/C16H14O3/c17-14-10-12-8-4-5-9-13(12)15(14)19-16(18)11-6-2-1-3-7-11/h1-9,14-15,17H,10H2/t14-,15+/m0/s1. The van der Waals surface area contributed by atoms with Gasteiger partial charge in [0.25, 0.3) is 0 Å². The molecule has 0 spiro atoms. The quantitative estimate of drug-likeness (QED) is 0.837. The SMILES string of the molecule is O=C(O[C@@H]1c2ccccc2C[C@@H]1O)c1ccccc1. The number of carbonyl (C=O) groups excluding carboxylic acids is 1. The fourth-order valence-electron chi connectivity index (χ4n) is 2.44. The van der Waals surface area contributed by atoms with Crippen LogP contribution in [0.15, 0.2) is 54.6 Å². The van der Waals surface area contributed by atoms with Crippen molar-refractivity contribution in [2.45, 2.75) is 18.6 Å². The largest absolute Gasteiger partial charge is 0.451 e. The number of ether oxygens (including phenoxy) is 1. The Hall–Kier alpha value is -2.13. The lowest BCUT2D eigenvalue weighted by Crippen LogP contribution is -2.20. The van der Waals surface area contributed by atoms with Gasteiger partial charge >= 0.3 is 5.97 Å². The number of rotatable bonds is 2. The van der Waals surface area contributed by atoms with E-state index in [0.29, 0.717) is 12.0 Å². The van der Waals surface area contributed by atoms with Gasteiger partial charge in [0, 0.05) is 6.42 Å². The molecule has 2 aromatic rings. The molecule has 0 radical (unpaired) electrons. The van der Waals surface area contributed by atoms with E-state index in [4.69, 9.17) is 4.74 Å². The summed E-state index contributed by atoms with van der Waals surface area (Å²) in [6, 6.07) is 16.5. The molecule has 0 saturated heterocycles. The molecule has 0 aliphatic heterocycles. The lowest BCUT2D eigenvalue weighted by Gasteiger charge is -2.17. The van der Waals surface area contributed by atoms with Crippen LogP contribution in [0.3, 0.4) is 0 Å². The van der Waals surface area contributed by atoms with Gasteiger partial charge in [0.15, 0.2) is 6.10 Å². The Kier molecular flexibility index (Phi) is 3.05. The molecule has 0 unspecified atom stereocenters. The molecule has 2 aromatic carbocycles. The summed E-state index contributed by atoms with van der Waals surface area (Å²) >= 11 is 0. The average Bonchev–Trinajstić information content (AvgIpc) is 2.76. The second kappa shape index (κ2) is 4.86. The lowest BCUT2D eigenvalue weighted by molar-refractivity contribution is -0.0116. The molecule has 2 atom stereocenters. The van der Waals surface area contributed by atoms with Crippen molar-refractivity contribution in [1.29, 1.82) is 0 Å². The Labute approximate surface area is 111 Å². The van der Waals surface area contributed by atoms with Crippen molar-refractivity contribution in [3.8, 4) is 0 Å². The normalized spacial score (nSPS) is 20.9. The van der Waals surface area contributed by atoms with Gasteiger partial charge in [-0.1, -0.05) is 42.5 Å². The Bertz CT molecular complexity index is 592. The monoisotopic (exact) mass is 254 g/mol. The number of aliphatic hydroxyl groups excluding tert-OH is 1. The van der Waals surface area contributed by atoms with E-state index in [1.165, 1.54) is 0 Å². The first kappa shape index (κ1) is 11.9. The van der Waals surface area contributed by atoms with Crippen LogP contribution in [-0.4, -0.2) is 17.2 Å². The van der Waals surface area contributed by atoms with Crippen molar-refractivity contribution in [2.75, 3.05) is 0 Å². The smallest absolute Gasteiger partial charge is 0.338 e. The highest BCUT2D eigenvalue weighted by Crippen LogP contribution is 2.34. The molecule has 3 nitrogen and oxygen atoms in total. The number of fused-ring (bicyclic) bond motifs is 1. The first-order valence-corrected chi connectivity index (χ1v) is 6.27. The maximum Gasteiger partial charge on any atom is 0.338 e. The highest BCUT2D eigenvalue weighted by Gasteiger charge is 2.33. The molecule has 0 bridgehead atoms. The predicted molar refractivity (Wildman–Crippen MR) is 70.8 cm³/mol. The second-order valence-corrected chi connectivity index (χ2v) is 4.66. The van der Waals surface area contributed by atoms with Gasteiger partial charge in [-0.3, -0.25) is 0 Å². The first-order valence-electron chi connectivity index (χ1n) is 6.27. The van der Waals surface area contributed by atoms with Gasteiger partial charge < -0.3 is 9.84 Å². The summed E-state index contributed by atoms with van der Waals surface area (Å²) in [5.41, 5.74) is 2.44. The van der Waals surface area contributed by atoms with Crippen LogP contribution >= 0.6 is 0 Å². The third-order valence-electron chi connectivity index (χ3n) is 3.38. The fourth-order valence-corrected chi connectivity index (χ4v) is 2.44. The minimum absolute atomic E-state index is 0.402. The Morgan fingerprint density at radius 3 is 2.53 bits per heavy atom. The highest BCUT2D eigenvalue weighted by atomic mass is 16.6. The zero-order valence-electron chi connectivity index (χ0n) is 10.3. The van der Waals surface area contributed by atoms with Gasteiger partial charge in [0.05, 0.1) is 11.7 Å². The number of esters is 1. The number of carbonyl (C=O) groups is 1. The zero-order chi connectivity index (χ0) is 13.2. The third kappa shape index (κ3) is 2.25. The van der Waals surface area contributed by atoms with Gasteiger partial charge in [-0.05, 0) is 23.3 Å². The molecule has 19 heavy (non-hydrogen) atoms. The molecule has 1 aliphatic rings. The molecule has 0 amide bonds. The van der Waals surface area contributed by atoms with Crippen molar-refractivity contribution < 1.29 is 14.6 Å². The topological polar surface area (TPSA) is 46.5 Å². The van der Waals surface area contributed by atoms with Crippen LogP contribution in [-0.2, 0) is 11.2 Å². The molecule has 1 aliphatic carbocycles. The van der Waals surface area contributed by atoms with Gasteiger partial charge in [-0.15, -0.1) is 0 Å². The molecule has 96 valence electrons. The number of hydrogen-bond acceptors (Lipinski definition) is 3. The summed E-state index contributed by atoms with van der Waals surface area (Å²) in [7, 11) is 0. The Morgan fingerprint density at radius 1 is 1.05 bits per heavy atom. The molecule has 3 heteroatoms. The predicted octanol–water partition coefficient (Wildman–Crippen LogP) is 2.50. The molecular weight excluding hydrogens is 240 g/mol. The molecule has 1 N–H and O–H groups in total. The Morgan fingerprint density at radius 2 is 1.74 bits per heavy atom. The van der Waals surface area contributed by atoms with Crippen molar-refractivity contribution in [2.24, 2.45) is 0 Å². The van der Waals surface area contributed by atoms with Crippen LogP contribution < -0.4 is 0 Å². The third-order valence-corrected chi connectivity index (χ3v) is 3.38. The molecule has 0 heterocycles.